The molecule has 0 aromatic carbocycles. The van der Waals surface area contributed by atoms with E-state index in [0.717, 1.165) is 12.8 Å². The molecule has 0 aromatic heterocycles. The molecule has 1 N–H and O–H groups in total. The highest BCUT2D eigenvalue weighted by molar-refractivity contribution is 5.85. The lowest BCUT2D eigenvalue weighted by atomic mass is 10.0. The van der Waals surface area contributed by atoms with Gasteiger partial charge in [-0.2, -0.15) is 0 Å². The maximum atomic E-state index is 10.7. The summed E-state index contributed by atoms with van der Waals surface area (Å²) in [5.74, 6) is -0.838. The van der Waals surface area contributed by atoms with Gasteiger partial charge in [0.15, 0.2) is 0 Å². The van der Waals surface area contributed by atoms with Gasteiger partial charge in [-0.3, -0.25) is 0 Å². The van der Waals surface area contributed by atoms with Crippen molar-refractivity contribution in [3.8, 4) is 0 Å². The molecule has 214 valence electrons. The van der Waals surface area contributed by atoms with E-state index in [-0.39, 0.29) is 0 Å². The van der Waals surface area contributed by atoms with Gasteiger partial charge in [0.25, 0.3) is 0 Å². The first-order chi connectivity index (χ1) is 17.7. The van der Waals surface area contributed by atoms with Crippen LogP contribution in [0.15, 0.2) is 12.2 Å². The van der Waals surface area contributed by atoms with Gasteiger partial charge in [0.1, 0.15) is 0 Å². The smallest absolute Gasteiger partial charge is 0.330 e. The first-order valence-electron chi connectivity index (χ1n) is 16.6. The molecule has 0 rings (SSSR count). The summed E-state index contributed by atoms with van der Waals surface area (Å²) in [5, 5.41) is 8.79. The lowest BCUT2D eigenvalue weighted by Gasteiger charge is -2.05. The molecule has 0 radical (unpaired) electrons. The molecule has 0 heterocycles. The van der Waals surface area contributed by atoms with Gasteiger partial charge in [0, 0.05) is 5.57 Å². The van der Waals surface area contributed by atoms with Gasteiger partial charge < -0.3 is 5.11 Å². The van der Waals surface area contributed by atoms with E-state index in [4.69, 9.17) is 5.11 Å². The van der Waals surface area contributed by atoms with Crippen LogP contribution in [0.25, 0.3) is 0 Å². The Morgan fingerprint density at radius 2 is 0.611 bits per heavy atom. The zero-order valence-electron chi connectivity index (χ0n) is 24.8. The Labute approximate surface area is 227 Å². The number of carbonyl (C=O) groups is 1. The molecule has 0 saturated carbocycles. The summed E-state index contributed by atoms with van der Waals surface area (Å²) in [4.78, 5) is 10.7. The molecule has 36 heavy (non-hydrogen) atoms. The molecule has 0 amide bonds. The van der Waals surface area contributed by atoms with Crippen molar-refractivity contribution in [3.05, 3.63) is 12.2 Å². The largest absolute Gasteiger partial charge is 0.478 e. The highest BCUT2D eigenvalue weighted by atomic mass is 16.4. The van der Waals surface area contributed by atoms with Crippen molar-refractivity contribution in [2.75, 3.05) is 0 Å². The zero-order valence-corrected chi connectivity index (χ0v) is 24.8. The first kappa shape index (κ1) is 35.2. The molecule has 0 fully saturated rings. The fourth-order valence-electron chi connectivity index (χ4n) is 5.29. The molecular weight excluding hydrogens is 440 g/mol. The maximum Gasteiger partial charge on any atom is 0.330 e. The topological polar surface area (TPSA) is 37.3 Å². The van der Waals surface area contributed by atoms with Crippen LogP contribution in [0.4, 0.5) is 0 Å². The molecule has 0 bridgehead atoms. The fraction of sp³-hybridized carbons (Fsp3) is 0.912. The van der Waals surface area contributed by atoms with Crippen molar-refractivity contribution in [3.63, 3.8) is 0 Å². The Balaban J connectivity index is 3.05. The Morgan fingerprint density at radius 1 is 0.417 bits per heavy atom. The number of carboxylic acids is 1. The molecule has 2 heteroatoms. The van der Waals surface area contributed by atoms with Gasteiger partial charge in [-0.05, 0) is 12.8 Å². The Hall–Kier alpha value is -0.790. The van der Waals surface area contributed by atoms with E-state index in [2.05, 4.69) is 13.5 Å². The van der Waals surface area contributed by atoms with E-state index in [0.29, 0.717) is 12.0 Å². The van der Waals surface area contributed by atoms with E-state index < -0.39 is 5.97 Å². The van der Waals surface area contributed by atoms with Crippen molar-refractivity contribution in [1.29, 1.82) is 0 Å². The molecule has 0 aliphatic rings. The quantitative estimate of drug-likeness (QED) is 0.0749. The van der Waals surface area contributed by atoms with E-state index >= 15 is 0 Å². The Bertz CT molecular complexity index is 456. The number of carboxylic acid groups (broad SMARTS) is 1. The minimum atomic E-state index is -0.838. The van der Waals surface area contributed by atoms with Gasteiger partial charge in [-0.1, -0.05) is 193 Å². The van der Waals surface area contributed by atoms with Crippen molar-refractivity contribution < 1.29 is 9.90 Å². The maximum absolute atomic E-state index is 10.7. The Kier molecular flexibility index (Phi) is 29.8. The van der Waals surface area contributed by atoms with Crippen LogP contribution in [0, 0.1) is 0 Å². The highest BCUT2D eigenvalue weighted by Crippen LogP contribution is 2.16. The zero-order chi connectivity index (χ0) is 26.4. The van der Waals surface area contributed by atoms with Crippen LogP contribution in [0.1, 0.15) is 200 Å². The van der Waals surface area contributed by atoms with Crippen LogP contribution in [-0.4, -0.2) is 11.1 Å². The molecule has 2 nitrogen and oxygen atoms in total. The lowest BCUT2D eigenvalue weighted by Crippen LogP contribution is -1.98. The number of hydrogen-bond donors (Lipinski definition) is 1. The molecule has 0 saturated heterocycles. The molecule has 0 spiro atoms. The average Bonchev–Trinajstić information content (AvgIpc) is 2.87. The van der Waals surface area contributed by atoms with Crippen LogP contribution < -0.4 is 0 Å². The van der Waals surface area contributed by atoms with E-state index in [1.54, 1.807) is 0 Å². The van der Waals surface area contributed by atoms with Crippen molar-refractivity contribution in [2.24, 2.45) is 0 Å². The number of unbranched alkanes of at least 4 members (excludes halogenated alkanes) is 28. The van der Waals surface area contributed by atoms with Crippen molar-refractivity contribution >= 4 is 5.97 Å². The number of hydrogen-bond acceptors (Lipinski definition) is 1. The third-order valence-electron chi connectivity index (χ3n) is 7.88. The molecule has 0 unspecified atom stereocenters. The van der Waals surface area contributed by atoms with Gasteiger partial charge in [-0.15, -0.1) is 0 Å². The first-order valence-corrected chi connectivity index (χ1v) is 16.6. The van der Waals surface area contributed by atoms with Crippen LogP contribution in [0.2, 0.25) is 0 Å². The molecule has 0 aliphatic carbocycles. The third-order valence-corrected chi connectivity index (χ3v) is 7.88. The van der Waals surface area contributed by atoms with Crippen LogP contribution in [0.5, 0.6) is 0 Å². The summed E-state index contributed by atoms with van der Waals surface area (Å²) in [6.45, 7) is 5.89. The van der Waals surface area contributed by atoms with E-state index in [1.165, 1.54) is 173 Å². The summed E-state index contributed by atoms with van der Waals surface area (Å²) >= 11 is 0. The van der Waals surface area contributed by atoms with Gasteiger partial charge in [0.05, 0.1) is 0 Å². The van der Waals surface area contributed by atoms with E-state index in [1.807, 2.05) is 0 Å². The standard InChI is InChI=1S/C34H66O2/c1-3-4-5-6-7-8-9-10-11-12-13-14-15-16-17-18-19-20-21-22-23-24-25-26-27-28-29-30-31-32-33(2)34(35)36/h2-32H2,1H3,(H,35,36). The van der Waals surface area contributed by atoms with E-state index in [9.17, 15) is 4.79 Å². The van der Waals surface area contributed by atoms with Crippen molar-refractivity contribution in [2.45, 2.75) is 200 Å². The third kappa shape index (κ3) is 29.4. The van der Waals surface area contributed by atoms with Crippen LogP contribution in [-0.2, 0) is 4.79 Å². The minimum Gasteiger partial charge on any atom is -0.478 e. The molecular formula is C34H66O2. The Morgan fingerprint density at radius 3 is 0.806 bits per heavy atom. The molecule has 0 atom stereocenters. The minimum absolute atomic E-state index is 0.361. The second-order valence-corrected chi connectivity index (χ2v) is 11.6. The average molecular weight is 507 g/mol. The summed E-state index contributed by atoms with van der Waals surface area (Å²) < 4.78 is 0. The summed E-state index contributed by atoms with van der Waals surface area (Å²) in [5.41, 5.74) is 0.361. The summed E-state index contributed by atoms with van der Waals surface area (Å²) in [6.07, 6.45) is 41.4. The number of rotatable bonds is 31. The van der Waals surface area contributed by atoms with Gasteiger partial charge >= 0.3 is 5.97 Å². The molecule has 0 aliphatic heterocycles. The van der Waals surface area contributed by atoms with Crippen LogP contribution >= 0.6 is 0 Å². The predicted octanol–water partition coefficient (Wildman–Crippen LogP) is 12.4. The van der Waals surface area contributed by atoms with Crippen LogP contribution in [0.3, 0.4) is 0 Å². The second-order valence-electron chi connectivity index (χ2n) is 11.6. The molecule has 0 aromatic rings. The normalized spacial score (nSPS) is 11.2. The highest BCUT2D eigenvalue weighted by Gasteiger charge is 2.02. The predicted molar refractivity (Wildman–Crippen MR) is 161 cm³/mol. The summed E-state index contributed by atoms with van der Waals surface area (Å²) in [7, 11) is 0. The lowest BCUT2D eigenvalue weighted by molar-refractivity contribution is -0.132. The fourth-order valence-corrected chi connectivity index (χ4v) is 5.29. The second kappa shape index (κ2) is 30.4. The van der Waals surface area contributed by atoms with Gasteiger partial charge in [0.2, 0.25) is 0 Å². The van der Waals surface area contributed by atoms with Gasteiger partial charge in [-0.25, -0.2) is 4.79 Å². The monoisotopic (exact) mass is 507 g/mol. The summed E-state index contributed by atoms with van der Waals surface area (Å²) in [6, 6.07) is 0. The van der Waals surface area contributed by atoms with Crippen molar-refractivity contribution in [1.82, 2.24) is 0 Å². The number of aliphatic carboxylic acids is 1. The SMILES string of the molecule is C=C(CCCCCCCCCCCCCCCCCCCCCCCCCCCCCCC)C(=O)O.